The van der Waals surface area contributed by atoms with Crippen molar-refractivity contribution in [1.82, 2.24) is 15.3 Å². The lowest BCUT2D eigenvalue weighted by Gasteiger charge is -2.21. The maximum absolute atomic E-state index is 12.3. The van der Waals surface area contributed by atoms with Gasteiger partial charge in [-0.2, -0.15) is 0 Å². The molecule has 3 rings (SSSR count). The number of aromatic nitrogens is 2. The maximum Gasteiger partial charge on any atom is 0.273 e. The van der Waals surface area contributed by atoms with Crippen molar-refractivity contribution in [3.63, 3.8) is 0 Å². The molecule has 1 unspecified atom stereocenters. The fourth-order valence-electron chi connectivity index (χ4n) is 2.78. The molecule has 7 nitrogen and oxygen atoms in total. The van der Waals surface area contributed by atoms with Crippen LogP contribution in [0.4, 0.5) is 11.5 Å². The Kier molecular flexibility index (Phi) is 4.71. The number of carbonyl (C=O) groups excluding carboxylic acids is 1. The summed E-state index contributed by atoms with van der Waals surface area (Å²) in [6, 6.07) is 5.48. The molecule has 1 aromatic heterocycles. The first-order chi connectivity index (χ1) is 11.6. The number of hydrogen-bond donors (Lipinski definition) is 2. The van der Waals surface area contributed by atoms with Crippen LogP contribution < -0.4 is 20.7 Å². The number of anilines is 2. The average Bonchev–Trinajstić information content (AvgIpc) is 3.03. The molecule has 24 heavy (non-hydrogen) atoms. The monoisotopic (exact) mass is 347 g/mol. The van der Waals surface area contributed by atoms with E-state index in [-0.39, 0.29) is 23.5 Å². The lowest BCUT2D eigenvalue weighted by atomic mass is 10.2. The number of ether oxygens (including phenoxy) is 1. The molecule has 126 valence electrons. The van der Waals surface area contributed by atoms with Crippen LogP contribution in [-0.4, -0.2) is 42.1 Å². The minimum Gasteiger partial charge on any atom is -0.495 e. The highest BCUT2D eigenvalue weighted by molar-refractivity contribution is 6.30. The number of nitrogens with one attached hydrogen (secondary N) is 1. The van der Waals surface area contributed by atoms with Gasteiger partial charge in [-0.3, -0.25) is 4.79 Å². The minimum atomic E-state index is -0.314. The Hall–Kier alpha value is -2.54. The van der Waals surface area contributed by atoms with E-state index in [1.807, 2.05) is 12.1 Å². The summed E-state index contributed by atoms with van der Waals surface area (Å²) in [4.78, 5) is 22.3. The second-order valence-corrected chi connectivity index (χ2v) is 5.95. The smallest absolute Gasteiger partial charge is 0.273 e. The van der Waals surface area contributed by atoms with Crippen LogP contribution in [0.5, 0.6) is 5.75 Å². The molecule has 0 bridgehead atoms. The molecule has 0 spiro atoms. The molecule has 3 N–H and O–H groups in total. The Labute approximate surface area is 144 Å². The summed E-state index contributed by atoms with van der Waals surface area (Å²) in [5, 5.41) is 3.60. The molecule has 2 heterocycles. The molecule has 1 aliphatic rings. The molecule has 0 aliphatic carbocycles. The van der Waals surface area contributed by atoms with E-state index in [9.17, 15) is 4.79 Å². The van der Waals surface area contributed by atoms with E-state index in [1.165, 1.54) is 12.4 Å². The standard InChI is InChI=1S/C16H18ClN5O2/c1-24-13-3-2-10(17)8-12(13)22-7-4-11(9-22)21-16(23)14-15(18)20-6-5-19-14/h2-3,5-6,8,11H,4,7,9H2,1H3,(H2,18,20)(H,21,23). The second kappa shape index (κ2) is 6.92. The average molecular weight is 348 g/mol. The Morgan fingerprint density at radius 2 is 2.21 bits per heavy atom. The van der Waals surface area contributed by atoms with Crippen molar-refractivity contribution in [3.05, 3.63) is 41.3 Å². The number of amides is 1. The van der Waals surface area contributed by atoms with E-state index >= 15 is 0 Å². The highest BCUT2D eigenvalue weighted by Crippen LogP contribution is 2.33. The Morgan fingerprint density at radius 3 is 2.96 bits per heavy atom. The van der Waals surface area contributed by atoms with Gasteiger partial charge >= 0.3 is 0 Å². The van der Waals surface area contributed by atoms with Crippen molar-refractivity contribution in [2.24, 2.45) is 0 Å². The summed E-state index contributed by atoms with van der Waals surface area (Å²) >= 11 is 6.09. The summed E-state index contributed by atoms with van der Waals surface area (Å²) in [6.45, 7) is 1.44. The van der Waals surface area contributed by atoms with E-state index in [0.717, 1.165) is 24.4 Å². The summed E-state index contributed by atoms with van der Waals surface area (Å²) in [7, 11) is 1.62. The zero-order valence-corrected chi connectivity index (χ0v) is 14.0. The Bertz CT molecular complexity index is 755. The number of nitrogens with two attached hydrogens (primary N) is 1. The fourth-order valence-corrected chi connectivity index (χ4v) is 2.95. The molecule has 8 heteroatoms. The van der Waals surface area contributed by atoms with Gasteiger partial charge in [-0.15, -0.1) is 0 Å². The highest BCUT2D eigenvalue weighted by Gasteiger charge is 2.27. The molecule has 1 fully saturated rings. The van der Waals surface area contributed by atoms with E-state index in [4.69, 9.17) is 22.1 Å². The first-order valence-electron chi connectivity index (χ1n) is 7.54. The highest BCUT2D eigenvalue weighted by atomic mass is 35.5. The van der Waals surface area contributed by atoms with Crippen LogP contribution in [0, 0.1) is 0 Å². The van der Waals surface area contributed by atoms with E-state index < -0.39 is 0 Å². The SMILES string of the molecule is COc1ccc(Cl)cc1N1CCC(NC(=O)c2nccnc2N)C1. The molecular weight excluding hydrogens is 330 g/mol. The molecule has 1 amide bonds. The molecule has 1 saturated heterocycles. The van der Waals surface area contributed by atoms with Crippen LogP contribution in [0.1, 0.15) is 16.9 Å². The maximum atomic E-state index is 12.3. The minimum absolute atomic E-state index is 0.0115. The third-order valence-corrected chi connectivity index (χ3v) is 4.18. The van der Waals surface area contributed by atoms with Crippen LogP contribution in [0.15, 0.2) is 30.6 Å². The molecule has 2 aromatic rings. The first kappa shape index (κ1) is 16.3. The zero-order chi connectivity index (χ0) is 17.1. The number of rotatable bonds is 4. The topological polar surface area (TPSA) is 93.4 Å². The van der Waals surface area contributed by atoms with Gasteiger partial charge < -0.3 is 20.7 Å². The van der Waals surface area contributed by atoms with Gasteiger partial charge in [0.25, 0.3) is 5.91 Å². The molecule has 1 atom stereocenters. The van der Waals surface area contributed by atoms with Gasteiger partial charge in [0, 0.05) is 36.5 Å². The number of nitrogens with zero attached hydrogens (tertiary/aromatic N) is 3. The molecule has 0 radical (unpaired) electrons. The van der Waals surface area contributed by atoms with Crippen LogP contribution in [0.25, 0.3) is 0 Å². The van der Waals surface area contributed by atoms with Crippen LogP contribution >= 0.6 is 11.6 Å². The van der Waals surface area contributed by atoms with Gasteiger partial charge in [0.05, 0.1) is 12.8 Å². The third-order valence-electron chi connectivity index (χ3n) is 3.95. The summed E-state index contributed by atoms with van der Waals surface area (Å²) in [5.74, 6) is 0.566. The molecular formula is C16H18ClN5O2. The quantitative estimate of drug-likeness (QED) is 0.874. The summed E-state index contributed by atoms with van der Waals surface area (Å²) in [5.41, 5.74) is 6.76. The van der Waals surface area contributed by atoms with Crippen molar-refractivity contribution < 1.29 is 9.53 Å². The van der Waals surface area contributed by atoms with Gasteiger partial charge in [-0.25, -0.2) is 9.97 Å². The van der Waals surface area contributed by atoms with E-state index in [1.54, 1.807) is 13.2 Å². The molecule has 1 aliphatic heterocycles. The van der Waals surface area contributed by atoms with E-state index in [2.05, 4.69) is 20.2 Å². The van der Waals surface area contributed by atoms with Crippen LogP contribution in [0.2, 0.25) is 5.02 Å². The number of halogens is 1. The zero-order valence-electron chi connectivity index (χ0n) is 13.2. The molecule has 1 aromatic carbocycles. The fraction of sp³-hybridized carbons (Fsp3) is 0.312. The van der Waals surface area contributed by atoms with Gasteiger partial charge in [0.15, 0.2) is 11.5 Å². The number of hydrogen-bond acceptors (Lipinski definition) is 6. The van der Waals surface area contributed by atoms with Gasteiger partial charge in [-0.1, -0.05) is 11.6 Å². The third kappa shape index (κ3) is 3.35. The van der Waals surface area contributed by atoms with Crippen molar-refractivity contribution in [3.8, 4) is 5.75 Å². The predicted octanol–water partition coefficient (Wildman–Crippen LogP) is 1.73. The molecule has 0 saturated carbocycles. The normalized spacial score (nSPS) is 16.9. The number of carbonyl (C=O) groups is 1. The Morgan fingerprint density at radius 1 is 1.42 bits per heavy atom. The van der Waals surface area contributed by atoms with Crippen LogP contribution in [-0.2, 0) is 0 Å². The van der Waals surface area contributed by atoms with Crippen molar-refractivity contribution in [1.29, 1.82) is 0 Å². The van der Waals surface area contributed by atoms with Gasteiger partial charge in [0.2, 0.25) is 0 Å². The van der Waals surface area contributed by atoms with Crippen molar-refractivity contribution >= 4 is 29.0 Å². The van der Waals surface area contributed by atoms with Gasteiger partial charge in [-0.05, 0) is 24.6 Å². The largest absolute Gasteiger partial charge is 0.495 e. The predicted molar refractivity (Wildman–Crippen MR) is 92.5 cm³/mol. The summed E-state index contributed by atoms with van der Waals surface area (Å²) < 4.78 is 5.39. The van der Waals surface area contributed by atoms with Crippen molar-refractivity contribution in [2.45, 2.75) is 12.5 Å². The van der Waals surface area contributed by atoms with Gasteiger partial charge in [0.1, 0.15) is 5.75 Å². The lowest BCUT2D eigenvalue weighted by molar-refractivity contribution is 0.0936. The summed E-state index contributed by atoms with van der Waals surface area (Å²) in [6.07, 6.45) is 3.71. The lowest BCUT2D eigenvalue weighted by Crippen LogP contribution is -2.38. The first-order valence-corrected chi connectivity index (χ1v) is 7.92. The Balaban J connectivity index is 1.69. The number of benzene rings is 1. The van der Waals surface area contributed by atoms with E-state index in [0.29, 0.717) is 11.6 Å². The second-order valence-electron chi connectivity index (χ2n) is 5.51. The van der Waals surface area contributed by atoms with Crippen LogP contribution in [0.3, 0.4) is 0 Å². The van der Waals surface area contributed by atoms with Crippen molar-refractivity contribution in [2.75, 3.05) is 30.8 Å². The number of methoxy groups -OCH3 is 1. The number of nitrogen functional groups attached to an aromatic ring is 1.